The molecule has 102 valence electrons. The molecular formula is C5H12O10P2. The van der Waals surface area contributed by atoms with Crippen LogP contribution in [0, 0.1) is 0 Å². The third-order valence-electron chi connectivity index (χ3n) is 1.16. The van der Waals surface area contributed by atoms with Crippen LogP contribution in [-0.2, 0) is 27.7 Å². The molecule has 0 aliphatic rings. The summed E-state index contributed by atoms with van der Waals surface area (Å²) in [4.78, 5) is 43.8. The fourth-order valence-electron chi connectivity index (χ4n) is 0.607. The standard InChI is InChI=1S/C5H12O10P2/c6-5(4-15-17(10,11)12)13-2-1-3-14-16(7,8)9/h1-4H2,(H2,7,8,9)(H2,10,11,12). The topological polar surface area (TPSA) is 160 Å². The van der Waals surface area contributed by atoms with Gasteiger partial charge < -0.3 is 24.3 Å². The van der Waals surface area contributed by atoms with Crippen molar-refractivity contribution in [1.29, 1.82) is 0 Å². The Morgan fingerprint density at radius 3 is 1.94 bits per heavy atom. The van der Waals surface area contributed by atoms with Crippen molar-refractivity contribution < 1.29 is 47.3 Å². The first-order valence-corrected chi connectivity index (χ1v) is 7.22. The smallest absolute Gasteiger partial charge is 0.464 e. The molecule has 0 atom stereocenters. The van der Waals surface area contributed by atoms with Crippen LogP contribution in [0.25, 0.3) is 0 Å². The predicted molar refractivity (Wildman–Crippen MR) is 51.6 cm³/mol. The lowest BCUT2D eigenvalue weighted by Gasteiger charge is -2.07. The van der Waals surface area contributed by atoms with Gasteiger partial charge in [0.25, 0.3) is 0 Å². The lowest BCUT2D eigenvalue weighted by molar-refractivity contribution is -0.146. The van der Waals surface area contributed by atoms with Crippen LogP contribution in [0.3, 0.4) is 0 Å². The number of rotatable bonds is 8. The number of hydrogen-bond acceptors (Lipinski definition) is 6. The average molecular weight is 294 g/mol. The molecule has 4 N–H and O–H groups in total. The Morgan fingerprint density at radius 1 is 0.941 bits per heavy atom. The van der Waals surface area contributed by atoms with Gasteiger partial charge in [0.2, 0.25) is 0 Å². The minimum Gasteiger partial charge on any atom is -0.464 e. The van der Waals surface area contributed by atoms with Crippen molar-refractivity contribution >= 4 is 21.6 Å². The van der Waals surface area contributed by atoms with Gasteiger partial charge in [-0.3, -0.25) is 9.05 Å². The zero-order chi connectivity index (χ0) is 13.5. The summed E-state index contributed by atoms with van der Waals surface area (Å²) in [6.07, 6.45) is 0.0206. The molecule has 12 heteroatoms. The number of ether oxygens (including phenoxy) is 1. The van der Waals surface area contributed by atoms with Gasteiger partial charge in [-0.2, -0.15) is 0 Å². The highest BCUT2D eigenvalue weighted by molar-refractivity contribution is 7.46. The molecule has 0 aliphatic carbocycles. The summed E-state index contributed by atoms with van der Waals surface area (Å²) in [5.74, 6) is -1.01. The van der Waals surface area contributed by atoms with E-state index in [9.17, 15) is 13.9 Å². The van der Waals surface area contributed by atoms with Crippen LogP contribution in [0.4, 0.5) is 0 Å². The van der Waals surface area contributed by atoms with E-state index in [2.05, 4.69) is 13.8 Å². The van der Waals surface area contributed by atoms with E-state index >= 15 is 0 Å². The van der Waals surface area contributed by atoms with Crippen LogP contribution >= 0.6 is 15.6 Å². The van der Waals surface area contributed by atoms with Crippen LogP contribution in [0.5, 0.6) is 0 Å². The molecule has 0 aromatic rings. The molecule has 0 aliphatic heterocycles. The first kappa shape index (κ1) is 16.7. The van der Waals surface area contributed by atoms with E-state index in [1.54, 1.807) is 0 Å². The minimum absolute atomic E-state index is 0.0206. The summed E-state index contributed by atoms with van der Waals surface area (Å²) in [7, 11) is -9.25. The molecule has 0 amide bonds. The van der Waals surface area contributed by atoms with E-state index in [0.29, 0.717) is 0 Å². The summed E-state index contributed by atoms with van der Waals surface area (Å²) in [5.41, 5.74) is 0. The summed E-state index contributed by atoms with van der Waals surface area (Å²) in [6, 6.07) is 0. The van der Waals surface area contributed by atoms with Crippen molar-refractivity contribution in [3.63, 3.8) is 0 Å². The number of carbonyl (C=O) groups excluding carboxylic acids is 1. The molecule has 0 saturated heterocycles. The molecule has 0 aromatic heterocycles. The highest BCUT2D eigenvalue weighted by atomic mass is 31.2. The van der Waals surface area contributed by atoms with E-state index in [0.717, 1.165) is 0 Å². The molecule has 0 radical (unpaired) electrons. The number of carbonyl (C=O) groups is 1. The Morgan fingerprint density at radius 2 is 1.47 bits per heavy atom. The highest BCUT2D eigenvalue weighted by Gasteiger charge is 2.17. The van der Waals surface area contributed by atoms with Gasteiger partial charge >= 0.3 is 21.6 Å². The molecule has 0 unspecified atom stereocenters. The molecule has 0 rings (SSSR count). The molecule has 0 fully saturated rings. The third kappa shape index (κ3) is 13.6. The maximum absolute atomic E-state index is 10.8. The van der Waals surface area contributed by atoms with Gasteiger partial charge in [0, 0.05) is 6.42 Å². The van der Waals surface area contributed by atoms with Crippen LogP contribution < -0.4 is 0 Å². The van der Waals surface area contributed by atoms with E-state index < -0.39 is 28.2 Å². The van der Waals surface area contributed by atoms with Gasteiger partial charge in [-0.25, -0.2) is 13.9 Å². The van der Waals surface area contributed by atoms with Crippen LogP contribution in [0.2, 0.25) is 0 Å². The lowest BCUT2D eigenvalue weighted by atomic mass is 10.5. The number of hydrogen-bond donors (Lipinski definition) is 4. The first-order valence-electron chi connectivity index (χ1n) is 4.16. The minimum atomic E-state index is -4.72. The number of phosphoric ester groups is 2. The molecule has 0 aromatic carbocycles. The molecule has 0 bridgehead atoms. The van der Waals surface area contributed by atoms with Gasteiger partial charge in [0.15, 0.2) is 6.61 Å². The normalized spacial score (nSPS) is 12.5. The van der Waals surface area contributed by atoms with Gasteiger partial charge in [0.05, 0.1) is 13.2 Å². The fourth-order valence-corrected chi connectivity index (χ4v) is 1.25. The van der Waals surface area contributed by atoms with Crippen molar-refractivity contribution in [1.82, 2.24) is 0 Å². The van der Waals surface area contributed by atoms with Crippen molar-refractivity contribution in [3.8, 4) is 0 Å². The highest BCUT2D eigenvalue weighted by Crippen LogP contribution is 2.36. The van der Waals surface area contributed by atoms with Gasteiger partial charge in [-0.05, 0) is 0 Å². The summed E-state index contributed by atoms with van der Waals surface area (Å²) in [6.45, 7) is -1.45. The van der Waals surface area contributed by atoms with Crippen molar-refractivity contribution in [3.05, 3.63) is 0 Å². The fraction of sp³-hybridized carbons (Fsp3) is 0.800. The van der Waals surface area contributed by atoms with E-state index in [4.69, 9.17) is 19.6 Å². The number of phosphoric acid groups is 2. The molecule has 17 heavy (non-hydrogen) atoms. The Balaban J connectivity index is 3.53. The van der Waals surface area contributed by atoms with E-state index in [1.165, 1.54) is 0 Å². The Bertz CT molecular complexity index is 328. The number of esters is 1. The summed E-state index contributed by atoms with van der Waals surface area (Å²) in [5, 5.41) is 0. The maximum Gasteiger partial charge on any atom is 0.470 e. The van der Waals surface area contributed by atoms with Crippen molar-refractivity contribution in [2.24, 2.45) is 0 Å². The molecular weight excluding hydrogens is 282 g/mol. The first-order chi connectivity index (χ1) is 7.60. The second-order valence-electron chi connectivity index (χ2n) is 2.66. The molecule has 0 heterocycles. The second kappa shape index (κ2) is 7.20. The van der Waals surface area contributed by atoms with Crippen molar-refractivity contribution in [2.45, 2.75) is 6.42 Å². The van der Waals surface area contributed by atoms with Crippen LogP contribution in [-0.4, -0.2) is 45.4 Å². The Kier molecular flexibility index (Phi) is 7.07. The van der Waals surface area contributed by atoms with Gasteiger partial charge in [0.1, 0.15) is 0 Å². The van der Waals surface area contributed by atoms with Gasteiger partial charge in [-0.15, -0.1) is 0 Å². The van der Waals surface area contributed by atoms with Crippen LogP contribution in [0.1, 0.15) is 6.42 Å². The molecule has 10 nitrogen and oxygen atoms in total. The molecule has 0 saturated carbocycles. The summed E-state index contributed by atoms with van der Waals surface area (Å²) < 4.78 is 32.7. The Labute approximate surface area is 96.0 Å². The predicted octanol–water partition coefficient (Wildman–Crippen LogP) is -0.862. The largest absolute Gasteiger partial charge is 0.470 e. The zero-order valence-corrected chi connectivity index (χ0v) is 10.3. The Hall–Kier alpha value is -0.310. The molecule has 0 spiro atoms. The quantitative estimate of drug-likeness (QED) is 0.252. The maximum atomic E-state index is 10.8. The second-order valence-corrected chi connectivity index (χ2v) is 5.14. The zero-order valence-electron chi connectivity index (χ0n) is 8.46. The summed E-state index contributed by atoms with van der Waals surface area (Å²) >= 11 is 0. The van der Waals surface area contributed by atoms with E-state index in [1.807, 2.05) is 0 Å². The van der Waals surface area contributed by atoms with E-state index in [-0.39, 0.29) is 19.6 Å². The lowest BCUT2D eigenvalue weighted by Crippen LogP contribution is -2.13. The monoisotopic (exact) mass is 294 g/mol. The van der Waals surface area contributed by atoms with Crippen molar-refractivity contribution in [2.75, 3.05) is 19.8 Å². The van der Waals surface area contributed by atoms with Gasteiger partial charge in [-0.1, -0.05) is 0 Å². The average Bonchev–Trinajstić information content (AvgIpc) is 2.11. The SMILES string of the molecule is O=C(COP(=O)(O)O)OCCCOP(=O)(O)O. The van der Waals surface area contributed by atoms with Crippen LogP contribution in [0.15, 0.2) is 0 Å². The third-order valence-corrected chi connectivity index (χ3v) is 2.15.